The van der Waals surface area contributed by atoms with Crippen LogP contribution in [0.5, 0.6) is 5.75 Å². The Morgan fingerprint density at radius 3 is 2.52 bits per heavy atom. The van der Waals surface area contributed by atoms with E-state index >= 15 is 0 Å². The van der Waals surface area contributed by atoms with Gasteiger partial charge in [-0.05, 0) is 60.7 Å². The monoisotopic (exact) mass is 386 g/mol. The van der Waals surface area contributed by atoms with Crippen LogP contribution < -0.4 is 10.1 Å². The van der Waals surface area contributed by atoms with Crippen molar-refractivity contribution in [2.24, 2.45) is 0 Å². The third kappa shape index (κ3) is 3.70. The van der Waals surface area contributed by atoms with Gasteiger partial charge in [0.15, 0.2) is 0 Å². The predicted octanol–water partition coefficient (Wildman–Crippen LogP) is 2.93. The van der Waals surface area contributed by atoms with Crippen molar-refractivity contribution >= 4 is 21.6 Å². The number of ether oxygens (including phenoxy) is 1. The molecule has 1 amide bonds. The molecule has 1 fully saturated rings. The molecule has 0 spiro atoms. The van der Waals surface area contributed by atoms with Crippen LogP contribution in [0.4, 0.5) is 5.69 Å². The van der Waals surface area contributed by atoms with E-state index in [2.05, 4.69) is 5.32 Å². The average molecular weight is 386 g/mol. The second-order valence-electron chi connectivity index (χ2n) is 7.00. The Morgan fingerprint density at radius 1 is 1.11 bits per heavy atom. The van der Waals surface area contributed by atoms with Crippen molar-refractivity contribution in [1.82, 2.24) is 4.31 Å². The first-order valence-electron chi connectivity index (χ1n) is 9.05. The number of nitrogens with one attached hydrogen (secondary N) is 1. The van der Waals surface area contributed by atoms with E-state index < -0.39 is 10.0 Å². The molecule has 6 nitrogen and oxygen atoms in total. The molecule has 142 valence electrons. The van der Waals surface area contributed by atoms with Crippen LogP contribution >= 0.6 is 0 Å². The average Bonchev–Trinajstić information content (AvgIpc) is 3.51. The Balaban J connectivity index is 1.62. The van der Waals surface area contributed by atoms with Gasteiger partial charge in [0, 0.05) is 24.7 Å². The lowest BCUT2D eigenvalue weighted by Crippen LogP contribution is -2.33. The first-order chi connectivity index (χ1) is 13.0. The molecular weight excluding hydrogens is 364 g/mol. The molecule has 0 bridgehead atoms. The number of amides is 1. The summed E-state index contributed by atoms with van der Waals surface area (Å²) in [5, 5.41) is 2.79. The highest BCUT2D eigenvalue weighted by atomic mass is 32.2. The smallest absolute Gasteiger partial charge is 0.243 e. The van der Waals surface area contributed by atoms with Gasteiger partial charge in [-0.1, -0.05) is 12.1 Å². The summed E-state index contributed by atoms with van der Waals surface area (Å²) in [5.41, 5.74) is 2.51. The van der Waals surface area contributed by atoms with Gasteiger partial charge < -0.3 is 10.1 Å². The Morgan fingerprint density at radius 2 is 1.85 bits per heavy atom. The number of anilines is 1. The summed E-state index contributed by atoms with van der Waals surface area (Å²) in [5.74, 6) is 0.716. The normalized spacial score (nSPS) is 16.7. The van der Waals surface area contributed by atoms with Crippen molar-refractivity contribution in [2.75, 3.05) is 12.4 Å². The van der Waals surface area contributed by atoms with Gasteiger partial charge in [-0.15, -0.1) is 0 Å². The number of fused-ring (bicyclic) bond motifs is 1. The maximum absolute atomic E-state index is 13.3. The lowest BCUT2D eigenvalue weighted by atomic mass is 10.0. The fourth-order valence-corrected chi connectivity index (χ4v) is 5.06. The van der Waals surface area contributed by atoms with Crippen molar-refractivity contribution in [1.29, 1.82) is 0 Å². The highest BCUT2D eigenvalue weighted by Gasteiger charge is 2.38. The van der Waals surface area contributed by atoms with E-state index in [4.69, 9.17) is 4.74 Å². The van der Waals surface area contributed by atoms with Gasteiger partial charge >= 0.3 is 0 Å². The molecule has 1 saturated carbocycles. The van der Waals surface area contributed by atoms with Crippen LogP contribution in [0.3, 0.4) is 0 Å². The number of aryl methyl sites for hydroxylation is 1. The molecule has 1 aliphatic heterocycles. The second-order valence-corrected chi connectivity index (χ2v) is 8.89. The van der Waals surface area contributed by atoms with E-state index in [-0.39, 0.29) is 16.8 Å². The molecule has 2 aromatic rings. The third-order valence-corrected chi connectivity index (χ3v) is 6.92. The first-order valence-corrected chi connectivity index (χ1v) is 10.5. The number of rotatable bonds is 6. The quantitative estimate of drug-likeness (QED) is 0.828. The zero-order valence-electron chi connectivity index (χ0n) is 15.1. The molecule has 0 radical (unpaired) electrons. The molecule has 1 aliphatic carbocycles. The number of benzene rings is 2. The minimum atomic E-state index is -3.61. The summed E-state index contributed by atoms with van der Waals surface area (Å²) in [4.78, 5) is 11.8. The van der Waals surface area contributed by atoms with Gasteiger partial charge in [0.05, 0.1) is 12.0 Å². The molecule has 2 aliphatic rings. The molecule has 4 rings (SSSR count). The van der Waals surface area contributed by atoms with Crippen LogP contribution in [-0.2, 0) is 27.8 Å². The predicted molar refractivity (Wildman–Crippen MR) is 102 cm³/mol. The minimum absolute atomic E-state index is 0.0304. The van der Waals surface area contributed by atoms with E-state index in [0.29, 0.717) is 25.1 Å². The Bertz CT molecular complexity index is 966. The summed E-state index contributed by atoms with van der Waals surface area (Å²) in [6, 6.07) is 12.5. The molecule has 1 heterocycles. The number of sulfonamides is 1. The van der Waals surface area contributed by atoms with Crippen LogP contribution in [0.15, 0.2) is 47.4 Å². The number of hydrogen-bond donors (Lipinski definition) is 1. The molecule has 7 heteroatoms. The molecule has 0 saturated heterocycles. The highest BCUT2D eigenvalue weighted by Crippen LogP contribution is 2.35. The van der Waals surface area contributed by atoms with E-state index in [1.165, 1.54) is 0 Å². The molecule has 1 N–H and O–H groups in total. The standard InChI is InChI=1S/C20H22N2O4S/c1-26-17-7-2-14(3-8-17)13-22(16-5-6-16)27(24,25)18-9-10-19-15(12-18)4-11-20(23)21-19/h2-3,7-10,12,16H,4-6,11,13H2,1H3,(H,21,23). The van der Waals surface area contributed by atoms with Crippen LogP contribution in [0, 0.1) is 0 Å². The summed E-state index contributed by atoms with van der Waals surface area (Å²) in [6.07, 6.45) is 2.72. The van der Waals surface area contributed by atoms with Crippen LogP contribution in [0.1, 0.15) is 30.4 Å². The Kier molecular flexibility index (Phi) is 4.65. The number of hydrogen-bond acceptors (Lipinski definition) is 4. The van der Waals surface area contributed by atoms with E-state index in [0.717, 1.165) is 29.7 Å². The second kappa shape index (κ2) is 6.98. The zero-order valence-corrected chi connectivity index (χ0v) is 16.0. The van der Waals surface area contributed by atoms with Gasteiger partial charge in [-0.3, -0.25) is 4.79 Å². The number of nitrogens with zero attached hydrogens (tertiary/aromatic N) is 1. The van der Waals surface area contributed by atoms with Crippen LogP contribution in [0.25, 0.3) is 0 Å². The summed E-state index contributed by atoms with van der Waals surface area (Å²) in [7, 11) is -2.00. The Hall–Kier alpha value is -2.38. The number of carbonyl (C=O) groups excluding carboxylic acids is 1. The lowest BCUT2D eigenvalue weighted by Gasteiger charge is -2.24. The van der Waals surface area contributed by atoms with Crippen molar-refractivity contribution in [3.8, 4) is 5.75 Å². The zero-order chi connectivity index (χ0) is 19.0. The Labute approximate surface area is 159 Å². The van der Waals surface area contributed by atoms with Crippen LogP contribution in [-0.4, -0.2) is 31.8 Å². The lowest BCUT2D eigenvalue weighted by molar-refractivity contribution is -0.116. The largest absolute Gasteiger partial charge is 0.497 e. The summed E-state index contributed by atoms with van der Waals surface area (Å²) < 4.78 is 33.4. The maximum Gasteiger partial charge on any atom is 0.243 e. The minimum Gasteiger partial charge on any atom is -0.497 e. The van der Waals surface area contributed by atoms with Gasteiger partial charge in [0.25, 0.3) is 0 Å². The summed E-state index contributed by atoms with van der Waals surface area (Å²) in [6.45, 7) is 0.338. The fraction of sp³-hybridized carbons (Fsp3) is 0.350. The third-order valence-electron chi connectivity index (χ3n) is 5.03. The summed E-state index contributed by atoms with van der Waals surface area (Å²) >= 11 is 0. The van der Waals surface area contributed by atoms with Crippen molar-refractivity contribution in [3.63, 3.8) is 0 Å². The molecule has 27 heavy (non-hydrogen) atoms. The molecule has 0 atom stereocenters. The van der Waals surface area contributed by atoms with Crippen molar-refractivity contribution < 1.29 is 17.9 Å². The fourth-order valence-electron chi connectivity index (χ4n) is 3.34. The number of methoxy groups -OCH3 is 1. The molecule has 2 aromatic carbocycles. The topological polar surface area (TPSA) is 75.7 Å². The SMILES string of the molecule is COc1ccc(CN(C2CC2)S(=O)(=O)c2ccc3c(c2)CCC(=O)N3)cc1. The van der Waals surface area contributed by atoms with E-state index in [1.807, 2.05) is 24.3 Å². The van der Waals surface area contributed by atoms with E-state index in [9.17, 15) is 13.2 Å². The van der Waals surface area contributed by atoms with Gasteiger partial charge in [0.1, 0.15) is 5.75 Å². The first kappa shape index (κ1) is 18.0. The van der Waals surface area contributed by atoms with Gasteiger partial charge in [0.2, 0.25) is 15.9 Å². The van der Waals surface area contributed by atoms with E-state index in [1.54, 1.807) is 29.6 Å². The molecule has 0 aromatic heterocycles. The van der Waals surface area contributed by atoms with Gasteiger partial charge in [-0.2, -0.15) is 4.31 Å². The van der Waals surface area contributed by atoms with Crippen molar-refractivity contribution in [2.45, 2.75) is 43.2 Å². The molecular formula is C20H22N2O4S. The highest BCUT2D eigenvalue weighted by molar-refractivity contribution is 7.89. The van der Waals surface area contributed by atoms with Crippen molar-refractivity contribution in [3.05, 3.63) is 53.6 Å². The molecule has 0 unspecified atom stereocenters. The van der Waals surface area contributed by atoms with Crippen LogP contribution in [0.2, 0.25) is 0 Å². The van der Waals surface area contributed by atoms with Gasteiger partial charge in [-0.25, -0.2) is 8.42 Å². The number of carbonyl (C=O) groups is 1. The maximum atomic E-state index is 13.3.